The topological polar surface area (TPSA) is 115 Å². The fourth-order valence-electron chi connectivity index (χ4n) is 4.36. The molecule has 1 aromatic carbocycles. The summed E-state index contributed by atoms with van der Waals surface area (Å²) in [6, 6.07) is 5.56. The highest BCUT2D eigenvalue weighted by Crippen LogP contribution is 2.46. The number of anilines is 1. The zero-order chi connectivity index (χ0) is 23.4. The highest BCUT2D eigenvalue weighted by atomic mass is 19.1. The van der Waals surface area contributed by atoms with Gasteiger partial charge in [0.1, 0.15) is 22.7 Å². The third-order valence-corrected chi connectivity index (χ3v) is 6.53. The Kier molecular flexibility index (Phi) is 4.51. The molecule has 0 spiro atoms. The molecule has 4 heterocycles. The Bertz CT molecular complexity index is 1430. The zero-order valence-corrected chi connectivity index (χ0v) is 18.3. The smallest absolute Gasteiger partial charge is 0.259 e. The molecule has 34 heavy (non-hydrogen) atoms. The lowest BCUT2D eigenvalue weighted by Crippen LogP contribution is -2.32. The van der Waals surface area contributed by atoms with Crippen molar-refractivity contribution in [3.05, 3.63) is 59.8 Å². The number of aromatic hydroxyl groups is 1. The summed E-state index contributed by atoms with van der Waals surface area (Å²) in [5.74, 6) is 0.220. The second-order valence-corrected chi connectivity index (χ2v) is 8.85. The molecule has 2 N–H and O–H groups in total. The van der Waals surface area contributed by atoms with Crippen molar-refractivity contribution >= 4 is 17.4 Å². The molecule has 9 nitrogen and oxygen atoms in total. The van der Waals surface area contributed by atoms with Crippen molar-refractivity contribution in [3.8, 4) is 23.3 Å². The Morgan fingerprint density at radius 1 is 1.24 bits per heavy atom. The normalized spacial score (nSPS) is 19.3. The molecule has 172 valence electrons. The maximum atomic E-state index is 13.5. The predicted octanol–water partition coefficient (Wildman–Crippen LogP) is 3.47. The number of hydrogen-bond acceptors (Lipinski definition) is 7. The van der Waals surface area contributed by atoms with Gasteiger partial charge in [-0.25, -0.2) is 19.3 Å². The lowest BCUT2D eigenvalue weighted by Gasteiger charge is -2.22. The van der Waals surface area contributed by atoms with E-state index in [-0.39, 0.29) is 23.1 Å². The molecule has 1 aliphatic carbocycles. The number of nitrogens with one attached hydrogen (secondary N) is 1. The zero-order valence-electron chi connectivity index (χ0n) is 18.3. The highest BCUT2D eigenvalue weighted by molar-refractivity contribution is 6.08. The van der Waals surface area contributed by atoms with Gasteiger partial charge in [-0.15, -0.1) is 0 Å². The summed E-state index contributed by atoms with van der Waals surface area (Å²) in [6.45, 7) is 2.18. The van der Waals surface area contributed by atoms with E-state index in [1.165, 1.54) is 37.1 Å². The van der Waals surface area contributed by atoms with Crippen LogP contribution in [-0.2, 0) is 10.2 Å². The maximum absolute atomic E-state index is 13.5. The average molecular weight is 460 g/mol. The van der Waals surface area contributed by atoms with Crippen LogP contribution in [0.15, 0.2) is 42.9 Å². The van der Waals surface area contributed by atoms with E-state index in [0.717, 1.165) is 12.3 Å². The van der Waals surface area contributed by atoms with Gasteiger partial charge in [0.25, 0.3) is 5.88 Å². The van der Waals surface area contributed by atoms with E-state index < -0.39 is 17.1 Å². The van der Waals surface area contributed by atoms with Crippen molar-refractivity contribution in [1.29, 1.82) is 0 Å². The van der Waals surface area contributed by atoms with Crippen molar-refractivity contribution in [2.24, 2.45) is 5.92 Å². The molecular weight excluding hydrogens is 439 g/mol. The van der Waals surface area contributed by atoms with Gasteiger partial charge >= 0.3 is 0 Å². The monoisotopic (exact) mass is 460 g/mol. The van der Waals surface area contributed by atoms with Crippen molar-refractivity contribution in [2.75, 3.05) is 11.9 Å². The number of ether oxygens (including phenoxy) is 1. The molecule has 0 radical (unpaired) electrons. The molecule has 1 unspecified atom stereocenters. The van der Waals surface area contributed by atoms with Crippen molar-refractivity contribution in [1.82, 2.24) is 24.3 Å². The van der Waals surface area contributed by atoms with E-state index in [1.54, 1.807) is 29.9 Å². The number of halogens is 1. The lowest BCUT2D eigenvalue weighted by atomic mass is 9.78. The van der Waals surface area contributed by atoms with Crippen molar-refractivity contribution in [3.63, 3.8) is 0 Å². The molecule has 1 amide bonds. The van der Waals surface area contributed by atoms with Gasteiger partial charge in [0.05, 0.1) is 12.2 Å². The Labute approximate surface area is 193 Å². The molecule has 1 aliphatic heterocycles. The van der Waals surface area contributed by atoms with E-state index in [1.807, 2.05) is 0 Å². The molecule has 0 bridgehead atoms. The van der Waals surface area contributed by atoms with Crippen LogP contribution in [0, 0.1) is 11.7 Å². The number of fused-ring (bicyclic) bond motifs is 2. The first-order valence-corrected chi connectivity index (χ1v) is 11.1. The number of amides is 1. The van der Waals surface area contributed by atoms with Crippen LogP contribution < -0.4 is 10.1 Å². The number of hydrogen-bond donors (Lipinski definition) is 2. The molecule has 1 saturated carbocycles. The first kappa shape index (κ1) is 20.5. The molecule has 0 saturated heterocycles. The van der Waals surface area contributed by atoms with Gasteiger partial charge in [0.15, 0.2) is 5.82 Å². The standard InChI is InChI=1S/C24H21FN6O3/c1-24(14-4-6-15(25)7-5-14)17-19(30-23(24)33)28-18(29-21(17)32)16-12-31-10-9-26-20(31)22(27-16)34-11-8-13-2-3-13/h4-7,9-10,12-13H,2-3,8,11H2,1H3,(H2,28,29,30,32,33). The summed E-state index contributed by atoms with van der Waals surface area (Å²) < 4.78 is 21.1. The molecule has 4 aromatic rings. The Balaban J connectivity index is 1.41. The van der Waals surface area contributed by atoms with Gasteiger partial charge in [0, 0.05) is 18.6 Å². The molecule has 1 atom stereocenters. The minimum atomic E-state index is -1.27. The van der Waals surface area contributed by atoms with Gasteiger partial charge < -0.3 is 19.6 Å². The number of carbonyl (C=O) groups excluding carboxylic acids is 1. The number of rotatable bonds is 6. The number of nitrogens with zero attached hydrogens (tertiary/aromatic N) is 5. The summed E-state index contributed by atoms with van der Waals surface area (Å²) in [7, 11) is 0. The largest absolute Gasteiger partial charge is 0.493 e. The van der Waals surface area contributed by atoms with Gasteiger partial charge in [0.2, 0.25) is 17.4 Å². The first-order valence-electron chi connectivity index (χ1n) is 11.1. The number of carbonyl (C=O) groups is 1. The molecule has 10 heteroatoms. The Morgan fingerprint density at radius 3 is 2.79 bits per heavy atom. The van der Waals surface area contributed by atoms with Crippen LogP contribution in [0.1, 0.15) is 37.3 Å². The fourth-order valence-corrected chi connectivity index (χ4v) is 4.36. The van der Waals surface area contributed by atoms with Crippen LogP contribution in [-0.4, -0.2) is 42.0 Å². The summed E-state index contributed by atoms with van der Waals surface area (Å²) in [4.78, 5) is 30.6. The van der Waals surface area contributed by atoms with Gasteiger partial charge in [-0.2, -0.15) is 4.98 Å². The third kappa shape index (κ3) is 3.25. The van der Waals surface area contributed by atoms with Crippen LogP contribution in [0.4, 0.5) is 10.2 Å². The minimum Gasteiger partial charge on any atom is -0.493 e. The van der Waals surface area contributed by atoms with Crippen molar-refractivity contribution < 1.29 is 19.0 Å². The van der Waals surface area contributed by atoms with Gasteiger partial charge in [-0.05, 0) is 37.0 Å². The quantitative estimate of drug-likeness (QED) is 0.453. The van der Waals surface area contributed by atoms with E-state index >= 15 is 0 Å². The summed E-state index contributed by atoms with van der Waals surface area (Å²) >= 11 is 0. The van der Waals surface area contributed by atoms with Crippen LogP contribution in [0.5, 0.6) is 11.8 Å². The van der Waals surface area contributed by atoms with Crippen LogP contribution >= 0.6 is 0 Å². The summed E-state index contributed by atoms with van der Waals surface area (Å²) in [5.41, 5.74) is 0.403. The molecule has 6 rings (SSSR count). The highest BCUT2D eigenvalue weighted by Gasteiger charge is 2.48. The number of aromatic nitrogens is 5. The maximum Gasteiger partial charge on any atom is 0.259 e. The lowest BCUT2D eigenvalue weighted by molar-refractivity contribution is -0.119. The Morgan fingerprint density at radius 2 is 2.03 bits per heavy atom. The molecule has 2 aliphatic rings. The fraction of sp³-hybridized carbons (Fsp3) is 0.292. The third-order valence-electron chi connectivity index (χ3n) is 6.53. The SMILES string of the molecule is CC1(c2ccc(F)cc2)C(=O)Nc2nc(-c3cn4ccnc4c(OCCC4CC4)n3)nc(O)c21. The van der Waals surface area contributed by atoms with E-state index in [2.05, 4.69) is 25.3 Å². The minimum absolute atomic E-state index is 0.127. The van der Waals surface area contributed by atoms with Crippen LogP contribution in [0.25, 0.3) is 17.2 Å². The van der Waals surface area contributed by atoms with Gasteiger partial charge in [-0.3, -0.25) is 4.79 Å². The molecular formula is C24H21FN6O3. The molecule has 1 fully saturated rings. The van der Waals surface area contributed by atoms with E-state index in [9.17, 15) is 14.3 Å². The average Bonchev–Trinajstić information content (AvgIpc) is 3.44. The summed E-state index contributed by atoms with van der Waals surface area (Å²) in [6.07, 6.45) is 8.52. The Hall–Kier alpha value is -4.08. The van der Waals surface area contributed by atoms with Crippen LogP contribution in [0.3, 0.4) is 0 Å². The van der Waals surface area contributed by atoms with Crippen LogP contribution in [0.2, 0.25) is 0 Å². The van der Waals surface area contributed by atoms with E-state index in [4.69, 9.17) is 4.74 Å². The molecule has 3 aromatic heterocycles. The van der Waals surface area contributed by atoms with Gasteiger partial charge in [-0.1, -0.05) is 25.0 Å². The summed E-state index contributed by atoms with van der Waals surface area (Å²) in [5, 5.41) is 13.6. The first-order chi connectivity index (χ1) is 16.4. The second kappa shape index (κ2) is 7.47. The van der Waals surface area contributed by atoms with Crippen molar-refractivity contribution in [2.45, 2.75) is 31.6 Å². The van der Waals surface area contributed by atoms with E-state index in [0.29, 0.717) is 29.4 Å². The predicted molar refractivity (Wildman–Crippen MR) is 120 cm³/mol. The number of imidazole rings is 1. The number of benzene rings is 1. The second-order valence-electron chi connectivity index (χ2n) is 8.85.